The van der Waals surface area contributed by atoms with E-state index in [2.05, 4.69) is 5.10 Å². The van der Waals surface area contributed by atoms with Gasteiger partial charge in [0.2, 0.25) is 0 Å². The molecule has 0 unspecified atom stereocenters. The van der Waals surface area contributed by atoms with Crippen molar-refractivity contribution in [3.63, 3.8) is 0 Å². The Morgan fingerprint density at radius 3 is 2.29 bits per heavy atom. The quantitative estimate of drug-likeness (QED) is 0.547. The lowest BCUT2D eigenvalue weighted by molar-refractivity contribution is 0.0660. The molecule has 0 N–H and O–H groups in total. The van der Waals surface area contributed by atoms with Crippen LogP contribution in [0.5, 0.6) is 0 Å². The fourth-order valence-electron chi connectivity index (χ4n) is 2.92. The number of benzene rings is 2. The first-order valence-corrected chi connectivity index (χ1v) is 7.73. The monoisotopic (exact) mass is 318 g/mol. The van der Waals surface area contributed by atoms with E-state index in [-0.39, 0.29) is 0 Å². The van der Waals surface area contributed by atoms with Crippen molar-refractivity contribution >= 4 is 29.0 Å². The molecule has 118 valence electrons. The lowest BCUT2D eigenvalue weighted by Crippen LogP contribution is -2.24. The van der Waals surface area contributed by atoms with E-state index in [0.29, 0.717) is 17.5 Å². The number of para-hydroxylation sites is 1. The van der Waals surface area contributed by atoms with Crippen LogP contribution in [0.2, 0.25) is 0 Å². The number of hydrazone groups is 1. The van der Waals surface area contributed by atoms with Gasteiger partial charge in [-0.3, -0.25) is 9.59 Å². The summed E-state index contributed by atoms with van der Waals surface area (Å²) in [5, 5.41) is 5.97. The highest BCUT2D eigenvalue weighted by molar-refractivity contribution is 6.21. The molecule has 0 radical (unpaired) electrons. The summed E-state index contributed by atoms with van der Waals surface area (Å²) >= 11 is 0. The predicted octanol–water partition coefficient (Wildman–Crippen LogP) is 3.63. The number of rotatable bonds is 3. The lowest BCUT2D eigenvalue weighted by atomic mass is 10.1. The predicted molar refractivity (Wildman–Crippen MR) is 90.1 cm³/mol. The average Bonchev–Trinajstić information content (AvgIpc) is 3.10. The van der Waals surface area contributed by atoms with Gasteiger partial charge in [0.05, 0.1) is 17.3 Å². The van der Waals surface area contributed by atoms with Crippen LogP contribution < -0.4 is 0 Å². The molecule has 0 atom stereocenters. The van der Waals surface area contributed by atoms with Crippen LogP contribution in [0.4, 0.5) is 0 Å². The van der Waals surface area contributed by atoms with E-state index in [4.69, 9.17) is 4.42 Å². The standard InChI is InChI=1S/C19H14N2O3/c1-2-16-15(12-7-5-6-10-17(12)24-16)11-20-21-18(22)13-8-3-4-9-14(13)19(21)23/h3-11H,2H2,1H3. The summed E-state index contributed by atoms with van der Waals surface area (Å²) in [4.78, 5) is 24.7. The van der Waals surface area contributed by atoms with E-state index in [1.807, 2.05) is 31.2 Å². The van der Waals surface area contributed by atoms with Crippen LogP contribution in [0.3, 0.4) is 0 Å². The minimum atomic E-state index is -0.405. The van der Waals surface area contributed by atoms with E-state index in [1.165, 1.54) is 6.21 Å². The summed E-state index contributed by atoms with van der Waals surface area (Å²) < 4.78 is 5.80. The minimum absolute atomic E-state index is 0.382. The maximum Gasteiger partial charge on any atom is 0.282 e. The van der Waals surface area contributed by atoms with Crippen molar-refractivity contribution in [2.75, 3.05) is 0 Å². The molecule has 0 fully saturated rings. The molecule has 2 amide bonds. The third kappa shape index (κ3) is 2.06. The summed E-state index contributed by atoms with van der Waals surface area (Å²) in [6.45, 7) is 1.98. The second-order valence-electron chi connectivity index (χ2n) is 5.50. The molecule has 0 saturated carbocycles. The van der Waals surface area contributed by atoms with E-state index in [0.717, 1.165) is 27.3 Å². The van der Waals surface area contributed by atoms with Crippen molar-refractivity contribution in [1.29, 1.82) is 0 Å². The molecular formula is C19H14N2O3. The van der Waals surface area contributed by atoms with Crippen molar-refractivity contribution in [2.24, 2.45) is 5.10 Å². The van der Waals surface area contributed by atoms with Crippen LogP contribution >= 0.6 is 0 Å². The molecule has 4 rings (SSSR count). The number of nitrogens with zero attached hydrogens (tertiary/aromatic N) is 2. The summed E-state index contributed by atoms with van der Waals surface area (Å²) in [5.41, 5.74) is 2.32. The van der Waals surface area contributed by atoms with Gasteiger partial charge in [0, 0.05) is 17.4 Å². The zero-order valence-corrected chi connectivity index (χ0v) is 13.0. The van der Waals surface area contributed by atoms with Gasteiger partial charge < -0.3 is 4.42 Å². The molecular weight excluding hydrogens is 304 g/mol. The first-order valence-electron chi connectivity index (χ1n) is 7.73. The zero-order valence-electron chi connectivity index (χ0n) is 13.0. The van der Waals surface area contributed by atoms with Gasteiger partial charge in [-0.05, 0) is 18.2 Å². The van der Waals surface area contributed by atoms with Gasteiger partial charge in [-0.1, -0.05) is 37.3 Å². The Bertz CT molecular complexity index is 966. The highest BCUT2D eigenvalue weighted by Crippen LogP contribution is 2.26. The zero-order chi connectivity index (χ0) is 16.7. The van der Waals surface area contributed by atoms with E-state index in [9.17, 15) is 9.59 Å². The van der Waals surface area contributed by atoms with Crippen LogP contribution in [0.25, 0.3) is 11.0 Å². The fourth-order valence-corrected chi connectivity index (χ4v) is 2.92. The Morgan fingerprint density at radius 2 is 1.62 bits per heavy atom. The van der Waals surface area contributed by atoms with E-state index in [1.54, 1.807) is 24.3 Å². The third-order valence-corrected chi connectivity index (χ3v) is 4.11. The Hall–Kier alpha value is -3.21. The maximum absolute atomic E-state index is 12.4. The van der Waals surface area contributed by atoms with Gasteiger partial charge in [-0.15, -0.1) is 0 Å². The van der Waals surface area contributed by atoms with Crippen molar-refractivity contribution < 1.29 is 14.0 Å². The molecule has 0 bridgehead atoms. The number of fused-ring (bicyclic) bond motifs is 2. The van der Waals surface area contributed by atoms with Crippen LogP contribution in [0.15, 0.2) is 58.0 Å². The van der Waals surface area contributed by atoms with Gasteiger partial charge >= 0.3 is 0 Å². The topological polar surface area (TPSA) is 62.9 Å². The van der Waals surface area contributed by atoms with Gasteiger partial charge in [0.1, 0.15) is 11.3 Å². The fraction of sp³-hybridized carbons (Fsp3) is 0.105. The molecule has 0 spiro atoms. The number of carbonyl (C=O) groups is 2. The second-order valence-corrected chi connectivity index (χ2v) is 5.50. The first kappa shape index (κ1) is 14.4. The van der Waals surface area contributed by atoms with Crippen LogP contribution in [-0.4, -0.2) is 23.0 Å². The highest BCUT2D eigenvalue weighted by atomic mass is 16.3. The highest BCUT2D eigenvalue weighted by Gasteiger charge is 2.35. The van der Waals surface area contributed by atoms with Crippen LogP contribution in [0.1, 0.15) is 39.0 Å². The smallest absolute Gasteiger partial charge is 0.282 e. The number of furan rings is 1. The molecule has 0 saturated heterocycles. The number of amides is 2. The minimum Gasteiger partial charge on any atom is -0.460 e. The van der Waals surface area contributed by atoms with Crippen molar-refractivity contribution in [3.8, 4) is 0 Å². The van der Waals surface area contributed by atoms with E-state index < -0.39 is 11.8 Å². The largest absolute Gasteiger partial charge is 0.460 e. The molecule has 2 heterocycles. The molecule has 1 aliphatic heterocycles. The van der Waals surface area contributed by atoms with Crippen LogP contribution in [0, 0.1) is 0 Å². The van der Waals surface area contributed by atoms with Crippen molar-refractivity contribution in [2.45, 2.75) is 13.3 Å². The summed E-state index contributed by atoms with van der Waals surface area (Å²) in [6.07, 6.45) is 2.23. The van der Waals surface area contributed by atoms with Gasteiger partial charge in [-0.25, -0.2) is 0 Å². The molecule has 24 heavy (non-hydrogen) atoms. The lowest BCUT2D eigenvalue weighted by Gasteiger charge is -2.05. The normalized spacial score (nSPS) is 14.1. The summed E-state index contributed by atoms with van der Waals surface area (Å²) in [6, 6.07) is 14.4. The second kappa shape index (κ2) is 5.45. The van der Waals surface area contributed by atoms with Crippen LogP contribution in [-0.2, 0) is 6.42 Å². The molecule has 0 aliphatic carbocycles. The number of hydrogen-bond acceptors (Lipinski definition) is 4. The molecule has 3 aromatic rings. The van der Waals surface area contributed by atoms with Crippen molar-refractivity contribution in [1.82, 2.24) is 5.01 Å². The Balaban J connectivity index is 1.75. The van der Waals surface area contributed by atoms with Gasteiger partial charge in [0.25, 0.3) is 11.8 Å². The number of hydrogen-bond donors (Lipinski definition) is 0. The Kier molecular flexibility index (Phi) is 3.27. The molecule has 1 aliphatic rings. The average molecular weight is 318 g/mol. The number of carbonyl (C=O) groups excluding carboxylic acids is 2. The van der Waals surface area contributed by atoms with E-state index >= 15 is 0 Å². The molecule has 1 aromatic heterocycles. The summed E-state index contributed by atoms with van der Waals surface area (Å²) in [7, 11) is 0. The SMILES string of the molecule is CCc1oc2ccccc2c1C=NN1C(=O)c2ccccc2C1=O. The first-order chi connectivity index (χ1) is 11.7. The molecule has 5 heteroatoms. The summed E-state index contributed by atoms with van der Waals surface area (Å²) in [5.74, 6) is -0.0352. The Morgan fingerprint density at radius 1 is 1.00 bits per heavy atom. The number of aryl methyl sites for hydroxylation is 1. The van der Waals surface area contributed by atoms with Gasteiger partial charge in [-0.2, -0.15) is 10.1 Å². The third-order valence-electron chi connectivity index (χ3n) is 4.11. The number of imide groups is 1. The van der Waals surface area contributed by atoms with Crippen molar-refractivity contribution in [3.05, 3.63) is 71.0 Å². The molecule has 5 nitrogen and oxygen atoms in total. The molecule has 2 aromatic carbocycles. The maximum atomic E-state index is 12.4. The van der Waals surface area contributed by atoms with Gasteiger partial charge in [0.15, 0.2) is 0 Å². The Labute approximate surface area is 138 Å².